The summed E-state index contributed by atoms with van der Waals surface area (Å²) in [5.74, 6) is 1.49. The number of rotatable bonds is 4. The molecule has 1 saturated heterocycles. The highest BCUT2D eigenvalue weighted by atomic mass is 16.5. The molecule has 1 aliphatic heterocycles. The highest BCUT2D eigenvalue weighted by Crippen LogP contribution is 2.28. The maximum Gasteiger partial charge on any atom is 0.191 e. The Hall–Kier alpha value is -2.21. The second-order valence-corrected chi connectivity index (χ2v) is 5.29. The fourth-order valence-corrected chi connectivity index (χ4v) is 2.77. The molecule has 0 bridgehead atoms. The summed E-state index contributed by atoms with van der Waals surface area (Å²) < 4.78 is 10.8. The van der Waals surface area contributed by atoms with E-state index in [1.165, 1.54) is 5.56 Å². The predicted octanol–water partition coefficient (Wildman–Crippen LogP) is 1.37. The summed E-state index contributed by atoms with van der Waals surface area (Å²) in [6, 6.07) is 6.01. The molecule has 0 unspecified atom stereocenters. The molecular weight excluding hydrogens is 280 g/mol. The van der Waals surface area contributed by atoms with E-state index < -0.39 is 0 Å². The number of aromatic amines is 1. The van der Waals surface area contributed by atoms with Crippen molar-refractivity contribution in [1.82, 2.24) is 9.88 Å². The number of nitrogens with zero attached hydrogens (tertiary/aromatic N) is 2. The van der Waals surface area contributed by atoms with Gasteiger partial charge in [0.25, 0.3) is 0 Å². The molecule has 0 amide bonds. The third-order valence-electron chi connectivity index (χ3n) is 3.96. The highest BCUT2D eigenvalue weighted by Gasteiger charge is 2.12. The lowest BCUT2D eigenvalue weighted by Crippen LogP contribution is -2.44. The average Bonchev–Trinajstić information content (AvgIpc) is 2.99. The van der Waals surface area contributed by atoms with Gasteiger partial charge in [0.05, 0.1) is 20.3 Å². The van der Waals surface area contributed by atoms with Crippen LogP contribution in [0.3, 0.4) is 0 Å². The molecule has 1 aliphatic rings. The Labute approximate surface area is 129 Å². The van der Waals surface area contributed by atoms with E-state index in [1.54, 1.807) is 7.11 Å². The predicted molar refractivity (Wildman–Crippen MR) is 87.4 cm³/mol. The number of methoxy groups -OCH3 is 1. The first-order chi connectivity index (χ1) is 10.8. The Bertz CT molecular complexity index is 659. The van der Waals surface area contributed by atoms with Gasteiger partial charge in [-0.3, -0.25) is 4.99 Å². The second kappa shape index (κ2) is 6.70. The van der Waals surface area contributed by atoms with Crippen molar-refractivity contribution in [1.29, 1.82) is 0 Å². The van der Waals surface area contributed by atoms with Gasteiger partial charge in [-0.15, -0.1) is 0 Å². The molecule has 0 spiro atoms. The zero-order valence-corrected chi connectivity index (χ0v) is 12.8. The molecule has 1 aromatic carbocycles. The minimum absolute atomic E-state index is 0.607. The smallest absolute Gasteiger partial charge is 0.191 e. The van der Waals surface area contributed by atoms with Gasteiger partial charge < -0.3 is 25.1 Å². The Morgan fingerprint density at radius 2 is 2.23 bits per heavy atom. The summed E-state index contributed by atoms with van der Waals surface area (Å²) in [6.07, 6.45) is 2.85. The molecule has 6 heteroatoms. The maximum absolute atomic E-state index is 6.04. The summed E-state index contributed by atoms with van der Waals surface area (Å²) in [5, 5.41) is 1.13. The number of nitrogens with one attached hydrogen (secondary N) is 1. The van der Waals surface area contributed by atoms with Crippen molar-refractivity contribution in [3.63, 3.8) is 0 Å². The lowest BCUT2D eigenvalue weighted by atomic mass is 10.1. The third kappa shape index (κ3) is 3.01. The van der Waals surface area contributed by atoms with Crippen LogP contribution in [-0.2, 0) is 11.2 Å². The van der Waals surface area contributed by atoms with E-state index >= 15 is 0 Å². The fraction of sp³-hybridized carbons (Fsp3) is 0.438. The summed E-state index contributed by atoms with van der Waals surface area (Å²) in [7, 11) is 1.69. The van der Waals surface area contributed by atoms with E-state index in [0.717, 1.165) is 49.4 Å². The van der Waals surface area contributed by atoms with Gasteiger partial charge in [-0.2, -0.15) is 0 Å². The summed E-state index contributed by atoms with van der Waals surface area (Å²) >= 11 is 0. The molecule has 22 heavy (non-hydrogen) atoms. The Balaban J connectivity index is 1.69. The van der Waals surface area contributed by atoms with Crippen LogP contribution in [-0.4, -0.2) is 55.8 Å². The number of H-pyrrole nitrogens is 1. The van der Waals surface area contributed by atoms with Gasteiger partial charge in [0.15, 0.2) is 5.96 Å². The van der Waals surface area contributed by atoms with Gasteiger partial charge in [0.2, 0.25) is 0 Å². The number of hydrogen-bond acceptors (Lipinski definition) is 3. The summed E-state index contributed by atoms with van der Waals surface area (Å²) in [6.45, 7) is 3.73. The van der Waals surface area contributed by atoms with E-state index in [-0.39, 0.29) is 0 Å². The normalized spacial score (nSPS) is 16.2. The van der Waals surface area contributed by atoms with Crippen LogP contribution in [0.5, 0.6) is 5.75 Å². The van der Waals surface area contributed by atoms with Gasteiger partial charge in [-0.25, -0.2) is 0 Å². The van der Waals surface area contributed by atoms with Crippen molar-refractivity contribution in [2.24, 2.45) is 10.7 Å². The quantitative estimate of drug-likeness (QED) is 0.660. The molecule has 6 nitrogen and oxygen atoms in total. The number of morpholine rings is 1. The molecule has 3 N–H and O–H groups in total. The molecule has 0 saturated carbocycles. The van der Waals surface area contributed by atoms with Gasteiger partial charge in [-0.05, 0) is 24.1 Å². The van der Waals surface area contributed by atoms with Crippen LogP contribution in [0.1, 0.15) is 5.56 Å². The van der Waals surface area contributed by atoms with Crippen LogP contribution in [0.15, 0.2) is 29.4 Å². The number of aromatic nitrogens is 1. The lowest BCUT2D eigenvalue weighted by molar-refractivity contribution is 0.0674. The number of nitrogens with two attached hydrogens (primary N) is 1. The number of guanidine groups is 1. The van der Waals surface area contributed by atoms with Crippen LogP contribution >= 0.6 is 0 Å². The van der Waals surface area contributed by atoms with E-state index in [2.05, 4.69) is 14.9 Å². The van der Waals surface area contributed by atoms with E-state index in [4.69, 9.17) is 15.2 Å². The monoisotopic (exact) mass is 302 g/mol. The maximum atomic E-state index is 6.04. The van der Waals surface area contributed by atoms with Crippen LogP contribution < -0.4 is 10.5 Å². The van der Waals surface area contributed by atoms with Crippen molar-refractivity contribution in [3.05, 3.63) is 30.0 Å². The minimum atomic E-state index is 0.607. The van der Waals surface area contributed by atoms with E-state index in [1.807, 2.05) is 24.4 Å². The minimum Gasteiger partial charge on any atom is -0.496 e. The van der Waals surface area contributed by atoms with E-state index in [0.29, 0.717) is 12.5 Å². The molecule has 0 atom stereocenters. The van der Waals surface area contributed by atoms with Crippen molar-refractivity contribution in [2.75, 3.05) is 40.0 Å². The topological polar surface area (TPSA) is 75.9 Å². The summed E-state index contributed by atoms with van der Waals surface area (Å²) in [4.78, 5) is 9.84. The first kappa shape index (κ1) is 14.7. The fourth-order valence-electron chi connectivity index (χ4n) is 2.77. The van der Waals surface area contributed by atoms with Gasteiger partial charge in [0.1, 0.15) is 5.75 Å². The number of aliphatic imine (C=N–C) groups is 1. The Morgan fingerprint density at radius 1 is 1.41 bits per heavy atom. The van der Waals surface area contributed by atoms with Crippen LogP contribution in [0.2, 0.25) is 0 Å². The van der Waals surface area contributed by atoms with Crippen LogP contribution in [0.25, 0.3) is 10.9 Å². The molecule has 2 heterocycles. The second-order valence-electron chi connectivity index (χ2n) is 5.29. The zero-order chi connectivity index (χ0) is 15.4. The Kier molecular flexibility index (Phi) is 4.48. The molecule has 1 fully saturated rings. The standard InChI is InChI=1S/C16H22N4O2/c1-21-14-4-2-3-13-15(14)12(11-19-13)5-6-18-16(17)20-7-9-22-10-8-20/h2-4,11,19H,5-10H2,1H3,(H2,17,18). The largest absolute Gasteiger partial charge is 0.496 e. The zero-order valence-electron chi connectivity index (χ0n) is 12.8. The summed E-state index contributed by atoms with van der Waals surface area (Å²) in [5.41, 5.74) is 8.33. The van der Waals surface area contributed by atoms with Gasteiger partial charge in [0, 0.05) is 36.7 Å². The molecule has 2 aromatic rings. The van der Waals surface area contributed by atoms with Crippen molar-refractivity contribution >= 4 is 16.9 Å². The molecule has 0 aliphatic carbocycles. The van der Waals surface area contributed by atoms with E-state index in [9.17, 15) is 0 Å². The van der Waals surface area contributed by atoms with Crippen LogP contribution in [0.4, 0.5) is 0 Å². The molecule has 0 radical (unpaired) electrons. The first-order valence-corrected chi connectivity index (χ1v) is 7.55. The average molecular weight is 302 g/mol. The Morgan fingerprint density at radius 3 is 3.00 bits per heavy atom. The third-order valence-corrected chi connectivity index (χ3v) is 3.96. The number of benzene rings is 1. The van der Waals surface area contributed by atoms with Crippen molar-refractivity contribution in [3.8, 4) is 5.75 Å². The number of ether oxygens (including phenoxy) is 2. The highest BCUT2D eigenvalue weighted by molar-refractivity contribution is 5.89. The van der Waals surface area contributed by atoms with Gasteiger partial charge in [-0.1, -0.05) is 6.07 Å². The number of fused-ring (bicyclic) bond motifs is 1. The molecule has 3 rings (SSSR count). The lowest BCUT2D eigenvalue weighted by Gasteiger charge is -2.27. The van der Waals surface area contributed by atoms with Gasteiger partial charge >= 0.3 is 0 Å². The molecule has 118 valence electrons. The molecule has 1 aromatic heterocycles. The van der Waals surface area contributed by atoms with Crippen LogP contribution in [0, 0.1) is 0 Å². The number of hydrogen-bond donors (Lipinski definition) is 2. The van der Waals surface area contributed by atoms with Crippen molar-refractivity contribution < 1.29 is 9.47 Å². The molecular formula is C16H22N4O2. The van der Waals surface area contributed by atoms with Crippen molar-refractivity contribution in [2.45, 2.75) is 6.42 Å². The first-order valence-electron chi connectivity index (χ1n) is 7.55. The SMILES string of the molecule is COc1cccc2[nH]cc(CCN=C(N)N3CCOCC3)c12.